The largest absolute Gasteiger partial charge is 0.472 e. The first kappa shape index (κ1) is 14.4. The van der Waals surface area contributed by atoms with Gasteiger partial charge in [-0.1, -0.05) is 60.7 Å². The number of rotatable bonds is 7. The van der Waals surface area contributed by atoms with E-state index in [-0.39, 0.29) is 6.29 Å². The molecule has 0 saturated heterocycles. The molecule has 0 aliphatic carbocycles. The van der Waals surface area contributed by atoms with E-state index in [4.69, 9.17) is 9.47 Å². The van der Waals surface area contributed by atoms with Gasteiger partial charge in [-0.3, -0.25) is 0 Å². The molecule has 0 spiro atoms. The molecule has 1 atom stereocenters. The fourth-order valence-electron chi connectivity index (χ4n) is 1.91. The summed E-state index contributed by atoms with van der Waals surface area (Å²) in [7, 11) is 0. The third-order valence-corrected chi connectivity index (χ3v) is 2.89. The minimum atomic E-state index is -0.248. The summed E-state index contributed by atoms with van der Waals surface area (Å²) in [6.07, 6.45) is 4.14. The fourth-order valence-corrected chi connectivity index (χ4v) is 1.91. The van der Waals surface area contributed by atoms with Gasteiger partial charge in [0.2, 0.25) is 6.29 Å². The lowest BCUT2D eigenvalue weighted by Gasteiger charge is -2.16. The molecule has 0 fully saturated rings. The average molecular weight is 268 g/mol. The van der Waals surface area contributed by atoms with Gasteiger partial charge in [0.05, 0.1) is 6.26 Å². The van der Waals surface area contributed by atoms with Crippen molar-refractivity contribution in [3.05, 3.63) is 78.1 Å². The summed E-state index contributed by atoms with van der Waals surface area (Å²) in [4.78, 5) is 0. The average Bonchev–Trinajstić information content (AvgIpc) is 2.49. The molecule has 0 aliphatic rings. The summed E-state index contributed by atoms with van der Waals surface area (Å²) in [5.74, 6) is 0. The first-order valence-electron chi connectivity index (χ1n) is 6.91. The first-order chi connectivity index (χ1) is 9.88. The normalized spacial score (nSPS) is 12.4. The van der Waals surface area contributed by atoms with Crippen LogP contribution in [-0.2, 0) is 15.9 Å². The van der Waals surface area contributed by atoms with Crippen molar-refractivity contribution >= 4 is 6.08 Å². The lowest BCUT2D eigenvalue weighted by Crippen LogP contribution is -2.17. The standard InChI is InChI=1S/C18H20O2/c1-2-19-18(15-17-11-7-4-8-12-17)20-14-13-16-9-5-3-6-10-16/h3-14,18H,2,15H2,1H3. The van der Waals surface area contributed by atoms with Crippen LogP contribution in [0, 0.1) is 0 Å². The third kappa shape index (κ3) is 4.90. The van der Waals surface area contributed by atoms with E-state index in [0.29, 0.717) is 6.61 Å². The highest BCUT2D eigenvalue weighted by Crippen LogP contribution is 2.09. The zero-order valence-corrected chi connectivity index (χ0v) is 11.7. The minimum absolute atomic E-state index is 0.248. The van der Waals surface area contributed by atoms with Gasteiger partial charge >= 0.3 is 0 Å². The maximum Gasteiger partial charge on any atom is 0.202 e. The van der Waals surface area contributed by atoms with Crippen molar-refractivity contribution in [1.82, 2.24) is 0 Å². The molecule has 2 rings (SSSR count). The minimum Gasteiger partial charge on any atom is -0.472 e. The lowest BCUT2D eigenvalue weighted by molar-refractivity contribution is -0.0997. The van der Waals surface area contributed by atoms with E-state index in [9.17, 15) is 0 Å². The number of hydrogen-bond acceptors (Lipinski definition) is 2. The van der Waals surface area contributed by atoms with E-state index in [1.807, 2.05) is 61.5 Å². The van der Waals surface area contributed by atoms with Gasteiger partial charge in [0.25, 0.3) is 0 Å². The van der Waals surface area contributed by atoms with Crippen molar-refractivity contribution in [3.63, 3.8) is 0 Å². The van der Waals surface area contributed by atoms with Crippen molar-refractivity contribution in [3.8, 4) is 0 Å². The second-order valence-corrected chi connectivity index (χ2v) is 4.42. The Labute approximate surface area is 120 Å². The fraction of sp³-hybridized carbons (Fsp3) is 0.222. The van der Waals surface area contributed by atoms with Crippen LogP contribution in [0.1, 0.15) is 18.1 Å². The van der Waals surface area contributed by atoms with Crippen LogP contribution in [0.5, 0.6) is 0 Å². The molecular formula is C18H20O2. The molecule has 0 bridgehead atoms. The molecule has 0 aliphatic heterocycles. The molecule has 0 saturated carbocycles. The van der Waals surface area contributed by atoms with Gasteiger partial charge < -0.3 is 9.47 Å². The second-order valence-electron chi connectivity index (χ2n) is 4.42. The highest BCUT2D eigenvalue weighted by atomic mass is 16.7. The molecule has 2 heteroatoms. The molecule has 104 valence electrons. The topological polar surface area (TPSA) is 18.5 Å². The van der Waals surface area contributed by atoms with E-state index >= 15 is 0 Å². The number of ether oxygens (including phenoxy) is 2. The predicted molar refractivity (Wildman–Crippen MR) is 82.1 cm³/mol. The van der Waals surface area contributed by atoms with Gasteiger partial charge in [-0.15, -0.1) is 0 Å². The van der Waals surface area contributed by atoms with Crippen LogP contribution in [0.4, 0.5) is 0 Å². The third-order valence-electron chi connectivity index (χ3n) is 2.89. The Morgan fingerprint density at radius 3 is 2.25 bits per heavy atom. The Kier molecular flexibility index (Phi) is 5.87. The number of hydrogen-bond donors (Lipinski definition) is 0. The van der Waals surface area contributed by atoms with Crippen LogP contribution in [-0.4, -0.2) is 12.9 Å². The monoisotopic (exact) mass is 268 g/mol. The molecule has 0 N–H and O–H groups in total. The van der Waals surface area contributed by atoms with Gasteiger partial charge in [0.15, 0.2) is 0 Å². The summed E-state index contributed by atoms with van der Waals surface area (Å²) in [5, 5.41) is 0. The molecule has 2 nitrogen and oxygen atoms in total. The quantitative estimate of drug-likeness (QED) is 0.551. The molecule has 2 aromatic carbocycles. The zero-order valence-electron chi connectivity index (χ0n) is 11.7. The van der Waals surface area contributed by atoms with E-state index in [0.717, 1.165) is 12.0 Å². The Morgan fingerprint density at radius 1 is 0.950 bits per heavy atom. The van der Waals surface area contributed by atoms with Gasteiger partial charge in [-0.2, -0.15) is 0 Å². The summed E-state index contributed by atoms with van der Waals surface area (Å²) >= 11 is 0. The summed E-state index contributed by atoms with van der Waals surface area (Å²) in [6.45, 7) is 2.61. The van der Waals surface area contributed by atoms with Crippen LogP contribution in [0.3, 0.4) is 0 Å². The van der Waals surface area contributed by atoms with Crippen molar-refractivity contribution in [2.45, 2.75) is 19.6 Å². The van der Waals surface area contributed by atoms with E-state index < -0.39 is 0 Å². The molecular weight excluding hydrogens is 248 g/mol. The molecule has 1 unspecified atom stereocenters. The molecule has 0 amide bonds. The predicted octanol–water partition coefficient (Wildman–Crippen LogP) is 4.28. The Hall–Kier alpha value is -2.06. The molecule has 0 heterocycles. The van der Waals surface area contributed by atoms with Gasteiger partial charge in [0.1, 0.15) is 0 Å². The summed E-state index contributed by atoms with van der Waals surface area (Å²) in [6, 6.07) is 20.3. The molecule has 2 aromatic rings. The Morgan fingerprint density at radius 2 is 1.60 bits per heavy atom. The smallest absolute Gasteiger partial charge is 0.202 e. The van der Waals surface area contributed by atoms with E-state index in [2.05, 4.69) is 12.1 Å². The van der Waals surface area contributed by atoms with E-state index in [1.165, 1.54) is 5.56 Å². The molecule has 0 aromatic heterocycles. The van der Waals surface area contributed by atoms with Gasteiger partial charge in [-0.25, -0.2) is 0 Å². The summed E-state index contributed by atoms with van der Waals surface area (Å²) in [5.41, 5.74) is 2.32. The highest BCUT2D eigenvalue weighted by molar-refractivity contribution is 5.47. The molecule has 20 heavy (non-hydrogen) atoms. The maximum atomic E-state index is 5.69. The van der Waals surface area contributed by atoms with Gasteiger partial charge in [-0.05, 0) is 24.1 Å². The Balaban J connectivity index is 1.91. The summed E-state index contributed by atoms with van der Waals surface area (Å²) < 4.78 is 11.3. The van der Waals surface area contributed by atoms with Crippen molar-refractivity contribution in [2.75, 3.05) is 6.61 Å². The van der Waals surface area contributed by atoms with Crippen LogP contribution in [0.25, 0.3) is 6.08 Å². The lowest BCUT2D eigenvalue weighted by atomic mass is 10.1. The number of benzene rings is 2. The van der Waals surface area contributed by atoms with Crippen LogP contribution < -0.4 is 0 Å². The molecule has 0 radical (unpaired) electrons. The zero-order chi connectivity index (χ0) is 14.0. The van der Waals surface area contributed by atoms with Gasteiger partial charge in [0, 0.05) is 13.0 Å². The maximum absolute atomic E-state index is 5.69. The van der Waals surface area contributed by atoms with E-state index in [1.54, 1.807) is 6.26 Å². The van der Waals surface area contributed by atoms with Crippen LogP contribution in [0.15, 0.2) is 66.9 Å². The van der Waals surface area contributed by atoms with Crippen molar-refractivity contribution in [2.24, 2.45) is 0 Å². The van der Waals surface area contributed by atoms with Crippen molar-refractivity contribution < 1.29 is 9.47 Å². The second kappa shape index (κ2) is 8.18. The van der Waals surface area contributed by atoms with Crippen LogP contribution >= 0.6 is 0 Å². The van der Waals surface area contributed by atoms with Crippen LogP contribution in [0.2, 0.25) is 0 Å². The SMILES string of the molecule is CCOC(Cc1ccccc1)OC=Cc1ccccc1. The Bertz CT molecular complexity index is 505. The van der Waals surface area contributed by atoms with Crippen molar-refractivity contribution in [1.29, 1.82) is 0 Å². The highest BCUT2D eigenvalue weighted by Gasteiger charge is 2.08. The first-order valence-corrected chi connectivity index (χ1v) is 6.91.